The van der Waals surface area contributed by atoms with Crippen LogP contribution in [0.15, 0.2) is 72.8 Å². The number of para-hydroxylation sites is 1. The Morgan fingerprint density at radius 1 is 0.818 bits per heavy atom. The van der Waals surface area contributed by atoms with Gasteiger partial charge in [0.15, 0.2) is 0 Å². The standard InChI is InChI=1S/C19H14ClFO/c20-17-10-6-11-18(21)16(17)13-22-19-12-5-4-9-15(19)14-7-2-1-3-8-14/h1-12H,13H2. The van der Waals surface area contributed by atoms with Crippen LogP contribution in [0.1, 0.15) is 5.56 Å². The molecule has 0 aliphatic carbocycles. The fourth-order valence-electron chi connectivity index (χ4n) is 2.27. The molecule has 3 rings (SSSR count). The van der Waals surface area contributed by atoms with E-state index in [0.717, 1.165) is 11.1 Å². The highest BCUT2D eigenvalue weighted by Crippen LogP contribution is 2.31. The van der Waals surface area contributed by atoms with Crippen LogP contribution in [0.3, 0.4) is 0 Å². The number of ether oxygens (including phenoxy) is 1. The molecule has 0 saturated carbocycles. The number of hydrogen-bond acceptors (Lipinski definition) is 1. The molecule has 3 aromatic carbocycles. The summed E-state index contributed by atoms with van der Waals surface area (Å²) in [7, 11) is 0. The van der Waals surface area contributed by atoms with Crippen molar-refractivity contribution in [3.63, 3.8) is 0 Å². The van der Waals surface area contributed by atoms with Gasteiger partial charge < -0.3 is 4.74 Å². The maximum absolute atomic E-state index is 13.8. The lowest BCUT2D eigenvalue weighted by Crippen LogP contribution is -2.00. The van der Waals surface area contributed by atoms with E-state index in [1.807, 2.05) is 54.6 Å². The second-order valence-electron chi connectivity index (χ2n) is 4.85. The smallest absolute Gasteiger partial charge is 0.131 e. The van der Waals surface area contributed by atoms with Gasteiger partial charge in [0.25, 0.3) is 0 Å². The SMILES string of the molecule is Fc1cccc(Cl)c1COc1ccccc1-c1ccccc1. The first-order chi connectivity index (χ1) is 10.8. The zero-order valence-corrected chi connectivity index (χ0v) is 12.6. The fourth-order valence-corrected chi connectivity index (χ4v) is 2.49. The van der Waals surface area contributed by atoms with Gasteiger partial charge in [-0.1, -0.05) is 66.2 Å². The maximum atomic E-state index is 13.8. The molecule has 1 nitrogen and oxygen atoms in total. The van der Waals surface area contributed by atoms with Gasteiger partial charge in [0.05, 0.1) is 5.02 Å². The summed E-state index contributed by atoms with van der Waals surface area (Å²) in [5, 5.41) is 0.372. The van der Waals surface area contributed by atoms with Crippen molar-refractivity contribution >= 4 is 11.6 Å². The first-order valence-corrected chi connectivity index (χ1v) is 7.33. The molecular weight excluding hydrogens is 299 g/mol. The Kier molecular flexibility index (Phi) is 4.40. The molecule has 0 aliphatic rings. The molecule has 3 aromatic rings. The van der Waals surface area contributed by atoms with Crippen LogP contribution in [-0.2, 0) is 6.61 Å². The summed E-state index contributed by atoms with van der Waals surface area (Å²) in [6.07, 6.45) is 0. The van der Waals surface area contributed by atoms with Gasteiger partial charge in [0, 0.05) is 11.1 Å². The lowest BCUT2D eigenvalue weighted by atomic mass is 10.0. The van der Waals surface area contributed by atoms with E-state index in [1.54, 1.807) is 12.1 Å². The number of rotatable bonds is 4. The van der Waals surface area contributed by atoms with Gasteiger partial charge in [-0.15, -0.1) is 0 Å². The van der Waals surface area contributed by atoms with Gasteiger partial charge in [-0.3, -0.25) is 0 Å². The third kappa shape index (κ3) is 3.12. The maximum Gasteiger partial charge on any atom is 0.131 e. The van der Waals surface area contributed by atoms with E-state index in [1.165, 1.54) is 6.07 Å². The lowest BCUT2D eigenvalue weighted by Gasteiger charge is -2.13. The van der Waals surface area contributed by atoms with Gasteiger partial charge in [-0.2, -0.15) is 0 Å². The van der Waals surface area contributed by atoms with Crippen LogP contribution in [0.4, 0.5) is 4.39 Å². The van der Waals surface area contributed by atoms with Gasteiger partial charge >= 0.3 is 0 Å². The molecule has 22 heavy (non-hydrogen) atoms. The van der Waals surface area contributed by atoms with E-state index in [4.69, 9.17) is 16.3 Å². The predicted molar refractivity (Wildman–Crippen MR) is 87.6 cm³/mol. The Labute approximate surface area is 133 Å². The Hall–Kier alpha value is -2.32. The zero-order chi connectivity index (χ0) is 15.4. The van der Waals surface area contributed by atoms with Gasteiger partial charge in [-0.25, -0.2) is 4.39 Å². The summed E-state index contributed by atoms with van der Waals surface area (Å²) in [4.78, 5) is 0. The average Bonchev–Trinajstić information content (AvgIpc) is 2.56. The largest absolute Gasteiger partial charge is 0.488 e. The van der Waals surface area contributed by atoms with Crippen LogP contribution < -0.4 is 4.74 Å². The van der Waals surface area contributed by atoms with Gasteiger partial charge in [0.1, 0.15) is 18.2 Å². The quantitative estimate of drug-likeness (QED) is 0.598. The van der Waals surface area contributed by atoms with Gasteiger partial charge in [0.2, 0.25) is 0 Å². The van der Waals surface area contributed by atoms with Crippen LogP contribution in [0, 0.1) is 5.82 Å². The summed E-state index contributed by atoms with van der Waals surface area (Å²) < 4.78 is 19.6. The Morgan fingerprint density at radius 3 is 2.32 bits per heavy atom. The molecule has 3 heteroatoms. The molecule has 0 unspecified atom stereocenters. The number of halogens is 2. The minimum absolute atomic E-state index is 0.0926. The van der Waals surface area contributed by atoms with E-state index in [0.29, 0.717) is 16.3 Å². The van der Waals surface area contributed by atoms with Crippen molar-refractivity contribution in [1.82, 2.24) is 0 Å². The third-order valence-electron chi connectivity index (χ3n) is 3.41. The van der Waals surface area contributed by atoms with Crippen LogP contribution in [0.25, 0.3) is 11.1 Å². The van der Waals surface area contributed by atoms with Crippen molar-refractivity contribution in [2.75, 3.05) is 0 Å². The minimum atomic E-state index is -0.357. The Bertz CT molecular complexity index is 751. The summed E-state index contributed by atoms with van der Waals surface area (Å²) in [5.41, 5.74) is 2.39. The Morgan fingerprint density at radius 2 is 1.55 bits per heavy atom. The van der Waals surface area contributed by atoms with E-state index in [-0.39, 0.29) is 12.4 Å². The van der Waals surface area contributed by atoms with Crippen LogP contribution in [0.2, 0.25) is 5.02 Å². The molecule has 110 valence electrons. The first kappa shape index (κ1) is 14.6. The highest BCUT2D eigenvalue weighted by molar-refractivity contribution is 6.31. The van der Waals surface area contributed by atoms with Crippen molar-refractivity contribution in [3.8, 4) is 16.9 Å². The summed E-state index contributed by atoms with van der Waals surface area (Å²) >= 11 is 6.03. The minimum Gasteiger partial charge on any atom is -0.488 e. The second kappa shape index (κ2) is 6.63. The first-order valence-electron chi connectivity index (χ1n) is 6.96. The summed E-state index contributed by atoms with van der Waals surface area (Å²) in [6.45, 7) is 0.0926. The van der Waals surface area contributed by atoms with Crippen molar-refractivity contribution in [1.29, 1.82) is 0 Å². The van der Waals surface area contributed by atoms with Crippen LogP contribution in [-0.4, -0.2) is 0 Å². The number of hydrogen-bond donors (Lipinski definition) is 0. The van der Waals surface area contributed by atoms with Crippen LogP contribution >= 0.6 is 11.6 Å². The van der Waals surface area contributed by atoms with Crippen molar-refractivity contribution in [2.45, 2.75) is 6.61 Å². The molecule has 0 radical (unpaired) electrons. The lowest BCUT2D eigenvalue weighted by molar-refractivity contribution is 0.301. The molecule has 0 N–H and O–H groups in total. The topological polar surface area (TPSA) is 9.23 Å². The fraction of sp³-hybridized carbons (Fsp3) is 0.0526. The molecule has 0 spiro atoms. The molecule has 0 amide bonds. The summed E-state index contributed by atoms with van der Waals surface area (Å²) in [5.74, 6) is 0.345. The third-order valence-corrected chi connectivity index (χ3v) is 3.76. The van der Waals surface area contributed by atoms with E-state index >= 15 is 0 Å². The molecular formula is C19H14ClFO. The molecule has 0 bridgehead atoms. The number of benzene rings is 3. The Balaban J connectivity index is 1.88. The highest BCUT2D eigenvalue weighted by Gasteiger charge is 2.10. The zero-order valence-electron chi connectivity index (χ0n) is 11.8. The molecule has 0 heterocycles. The van der Waals surface area contributed by atoms with Gasteiger partial charge in [-0.05, 0) is 23.8 Å². The molecule has 0 fully saturated rings. The molecule has 0 atom stereocenters. The summed E-state index contributed by atoms with van der Waals surface area (Å²) in [6, 6.07) is 22.3. The predicted octanol–water partition coefficient (Wildman–Crippen LogP) is 5.73. The van der Waals surface area contributed by atoms with Crippen molar-refractivity contribution < 1.29 is 9.13 Å². The van der Waals surface area contributed by atoms with E-state index in [9.17, 15) is 4.39 Å². The molecule has 0 aliphatic heterocycles. The molecule has 0 saturated heterocycles. The molecule has 0 aromatic heterocycles. The van der Waals surface area contributed by atoms with Crippen LogP contribution in [0.5, 0.6) is 5.75 Å². The second-order valence-corrected chi connectivity index (χ2v) is 5.26. The average molecular weight is 313 g/mol. The van der Waals surface area contributed by atoms with E-state index in [2.05, 4.69) is 0 Å². The normalized spacial score (nSPS) is 10.5. The monoisotopic (exact) mass is 312 g/mol. The van der Waals surface area contributed by atoms with Crippen molar-refractivity contribution in [3.05, 3.63) is 89.2 Å². The van der Waals surface area contributed by atoms with E-state index < -0.39 is 0 Å². The highest BCUT2D eigenvalue weighted by atomic mass is 35.5. The van der Waals surface area contributed by atoms with Crippen molar-refractivity contribution in [2.24, 2.45) is 0 Å².